The van der Waals surface area contributed by atoms with Crippen LogP contribution in [0.1, 0.15) is 40.1 Å². The average molecular weight is 392 g/mol. The van der Waals surface area contributed by atoms with Crippen LogP contribution < -0.4 is 10.1 Å². The number of aromatic nitrogens is 1. The minimum Gasteiger partial charge on any atom is -0.465 e. The van der Waals surface area contributed by atoms with Crippen molar-refractivity contribution in [3.05, 3.63) is 83.6 Å². The minimum atomic E-state index is -0.484. The van der Waals surface area contributed by atoms with Gasteiger partial charge in [-0.3, -0.25) is 4.79 Å². The number of benzene rings is 2. The van der Waals surface area contributed by atoms with Gasteiger partial charge in [0, 0.05) is 11.8 Å². The number of ether oxygens (including phenoxy) is 2. The van der Waals surface area contributed by atoms with Crippen molar-refractivity contribution < 1.29 is 19.1 Å². The van der Waals surface area contributed by atoms with Gasteiger partial charge < -0.3 is 14.8 Å². The Balaban J connectivity index is 0.00000145. The summed E-state index contributed by atoms with van der Waals surface area (Å²) in [7, 11) is 1.30. The number of pyridine rings is 1. The number of anilines is 1. The van der Waals surface area contributed by atoms with E-state index in [9.17, 15) is 9.59 Å². The summed E-state index contributed by atoms with van der Waals surface area (Å²) in [5.74, 6) is 0.784. The molecule has 6 nitrogen and oxygen atoms in total. The number of nitrogens with one attached hydrogen (secondary N) is 1. The maximum Gasteiger partial charge on any atom is 0.339 e. The summed E-state index contributed by atoms with van der Waals surface area (Å²) in [6.45, 7) is 5.89. The average Bonchev–Trinajstić information content (AvgIpc) is 2.75. The van der Waals surface area contributed by atoms with Crippen LogP contribution in [0.4, 0.5) is 5.82 Å². The molecular weight excluding hydrogens is 368 g/mol. The summed E-state index contributed by atoms with van der Waals surface area (Å²) in [6, 6.07) is 17.7. The molecule has 1 heterocycles. The third-order valence-electron chi connectivity index (χ3n) is 3.72. The van der Waals surface area contributed by atoms with Gasteiger partial charge in [0.15, 0.2) is 0 Å². The van der Waals surface area contributed by atoms with Crippen LogP contribution in [0.3, 0.4) is 0 Å². The number of carbonyl (C=O) groups excluding carboxylic acids is 2. The monoisotopic (exact) mass is 392 g/mol. The highest BCUT2D eigenvalue weighted by Gasteiger charge is 2.11. The predicted octanol–water partition coefficient (Wildman–Crippen LogP) is 5.25. The lowest BCUT2D eigenvalue weighted by atomic mass is 10.1. The number of esters is 1. The standard InChI is InChI=1S/C21H18N2O4.C2H6/c1-14-10-16(12-18(11-14)27-17-6-4-3-5-7-17)20(24)23-19-9-8-15(13-22-19)21(25)26-2;1-2/h3-13H,1-2H3,(H,22,23,24);1-2H3. The highest BCUT2D eigenvalue weighted by Crippen LogP contribution is 2.24. The van der Waals surface area contributed by atoms with Crippen LogP contribution in [0.25, 0.3) is 0 Å². The lowest BCUT2D eigenvalue weighted by Crippen LogP contribution is -2.13. The molecule has 0 saturated heterocycles. The second-order valence-electron chi connectivity index (χ2n) is 5.83. The topological polar surface area (TPSA) is 77.5 Å². The van der Waals surface area contributed by atoms with Gasteiger partial charge in [0.25, 0.3) is 5.91 Å². The van der Waals surface area contributed by atoms with Crippen molar-refractivity contribution in [3.8, 4) is 11.5 Å². The van der Waals surface area contributed by atoms with Crippen LogP contribution in [0, 0.1) is 6.92 Å². The maximum absolute atomic E-state index is 12.5. The number of hydrogen-bond donors (Lipinski definition) is 1. The fraction of sp³-hybridized carbons (Fsp3) is 0.174. The number of aryl methyl sites for hydroxylation is 1. The van der Waals surface area contributed by atoms with Crippen LogP contribution in [-0.4, -0.2) is 24.0 Å². The molecule has 150 valence electrons. The first-order chi connectivity index (χ1) is 14.0. The molecular formula is C23H24N2O4. The molecule has 0 bridgehead atoms. The Morgan fingerprint density at radius 1 is 0.897 bits per heavy atom. The molecule has 0 aliphatic rings. The highest BCUT2D eigenvalue weighted by atomic mass is 16.5. The first kappa shape index (κ1) is 21.6. The summed E-state index contributed by atoms with van der Waals surface area (Å²) in [4.78, 5) is 28.0. The van der Waals surface area contributed by atoms with Crippen molar-refractivity contribution in [1.29, 1.82) is 0 Å². The first-order valence-electron chi connectivity index (χ1n) is 9.25. The van der Waals surface area contributed by atoms with Crippen LogP contribution in [-0.2, 0) is 4.74 Å². The molecule has 0 radical (unpaired) electrons. The molecule has 0 unspecified atom stereocenters. The van der Waals surface area contributed by atoms with E-state index >= 15 is 0 Å². The Kier molecular flexibility index (Phi) is 7.91. The van der Waals surface area contributed by atoms with Gasteiger partial charge in [-0.2, -0.15) is 0 Å². The molecule has 0 saturated carbocycles. The minimum absolute atomic E-state index is 0.310. The smallest absolute Gasteiger partial charge is 0.339 e. The zero-order valence-corrected chi connectivity index (χ0v) is 16.9. The molecule has 0 aliphatic heterocycles. The van der Waals surface area contributed by atoms with Crippen molar-refractivity contribution in [2.75, 3.05) is 12.4 Å². The Morgan fingerprint density at radius 3 is 2.24 bits per heavy atom. The van der Waals surface area contributed by atoms with Crippen molar-refractivity contribution in [1.82, 2.24) is 4.98 Å². The van der Waals surface area contributed by atoms with E-state index in [0.29, 0.717) is 28.4 Å². The number of para-hydroxylation sites is 1. The quantitative estimate of drug-likeness (QED) is 0.600. The van der Waals surface area contributed by atoms with E-state index in [1.807, 2.05) is 57.2 Å². The van der Waals surface area contributed by atoms with Crippen molar-refractivity contribution in [3.63, 3.8) is 0 Å². The number of amides is 1. The largest absolute Gasteiger partial charge is 0.465 e. The molecule has 1 N–H and O–H groups in total. The highest BCUT2D eigenvalue weighted by molar-refractivity contribution is 6.04. The molecule has 0 atom stereocenters. The van der Waals surface area contributed by atoms with E-state index in [0.717, 1.165) is 5.56 Å². The molecule has 2 aromatic carbocycles. The Hall–Kier alpha value is -3.67. The molecule has 1 amide bonds. The zero-order valence-electron chi connectivity index (χ0n) is 16.9. The number of nitrogens with zero attached hydrogens (tertiary/aromatic N) is 1. The third-order valence-corrected chi connectivity index (χ3v) is 3.72. The van der Waals surface area contributed by atoms with E-state index in [1.54, 1.807) is 18.2 Å². The maximum atomic E-state index is 12.5. The molecule has 3 aromatic rings. The van der Waals surface area contributed by atoms with Crippen LogP contribution in [0.15, 0.2) is 66.9 Å². The van der Waals surface area contributed by atoms with Crippen LogP contribution >= 0.6 is 0 Å². The molecule has 1 aromatic heterocycles. The lowest BCUT2D eigenvalue weighted by Gasteiger charge is -2.10. The molecule has 0 aliphatic carbocycles. The van der Waals surface area contributed by atoms with Crippen molar-refractivity contribution in [2.24, 2.45) is 0 Å². The summed E-state index contributed by atoms with van der Waals surface area (Å²) >= 11 is 0. The lowest BCUT2D eigenvalue weighted by molar-refractivity contribution is 0.0600. The predicted molar refractivity (Wildman–Crippen MR) is 113 cm³/mol. The number of rotatable bonds is 5. The molecule has 0 fully saturated rings. The molecule has 29 heavy (non-hydrogen) atoms. The number of hydrogen-bond acceptors (Lipinski definition) is 5. The fourth-order valence-corrected chi connectivity index (χ4v) is 2.46. The van der Waals surface area contributed by atoms with Gasteiger partial charge in [-0.25, -0.2) is 9.78 Å². The molecule has 0 spiro atoms. The second kappa shape index (κ2) is 10.6. The Bertz CT molecular complexity index is 954. The summed E-state index contributed by atoms with van der Waals surface area (Å²) < 4.78 is 10.4. The summed E-state index contributed by atoms with van der Waals surface area (Å²) in [6.07, 6.45) is 1.35. The van der Waals surface area contributed by atoms with E-state index in [1.165, 1.54) is 19.4 Å². The third kappa shape index (κ3) is 6.17. The van der Waals surface area contributed by atoms with Gasteiger partial charge in [0.1, 0.15) is 17.3 Å². The Labute approximate surface area is 170 Å². The second-order valence-corrected chi connectivity index (χ2v) is 5.83. The summed E-state index contributed by atoms with van der Waals surface area (Å²) in [5, 5.41) is 2.70. The fourth-order valence-electron chi connectivity index (χ4n) is 2.46. The summed E-state index contributed by atoms with van der Waals surface area (Å²) in [5.41, 5.74) is 1.65. The normalized spacial score (nSPS) is 9.66. The van der Waals surface area contributed by atoms with E-state index in [2.05, 4.69) is 15.0 Å². The van der Waals surface area contributed by atoms with Crippen molar-refractivity contribution >= 4 is 17.7 Å². The van der Waals surface area contributed by atoms with Gasteiger partial charge >= 0.3 is 5.97 Å². The van der Waals surface area contributed by atoms with Crippen molar-refractivity contribution in [2.45, 2.75) is 20.8 Å². The molecule has 3 rings (SSSR count). The van der Waals surface area contributed by atoms with Gasteiger partial charge in [-0.05, 0) is 55.0 Å². The van der Waals surface area contributed by atoms with Gasteiger partial charge in [0.05, 0.1) is 12.7 Å². The van der Waals surface area contributed by atoms with E-state index in [4.69, 9.17) is 4.74 Å². The van der Waals surface area contributed by atoms with E-state index in [-0.39, 0.29) is 5.91 Å². The van der Waals surface area contributed by atoms with E-state index < -0.39 is 5.97 Å². The van der Waals surface area contributed by atoms with Gasteiger partial charge in [-0.1, -0.05) is 32.0 Å². The number of carbonyl (C=O) groups is 2. The Morgan fingerprint density at radius 2 is 1.62 bits per heavy atom. The SMILES string of the molecule is CC.COC(=O)c1ccc(NC(=O)c2cc(C)cc(Oc3ccccc3)c2)nc1. The number of methoxy groups -OCH3 is 1. The molecule has 6 heteroatoms. The van der Waals surface area contributed by atoms with Gasteiger partial charge in [0.2, 0.25) is 0 Å². The van der Waals surface area contributed by atoms with Crippen LogP contribution in [0.2, 0.25) is 0 Å². The first-order valence-corrected chi connectivity index (χ1v) is 9.25. The van der Waals surface area contributed by atoms with Gasteiger partial charge in [-0.15, -0.1) is 0 Å². The zero-order chi connectivity index (χ0) is 21.2. The van der Waals surface area contributed by atoms with Crippen LogP contribution in [0.5, 0.6) is 11.5 Å².